The van der Waals surface area contributed by atoms with Crippen molar-refractivity contribution in [3.05, 3.63) is 47.3 Å². The van der Waals surface area contributed by atoms with Crippen LogP contribution in [0, 0.1) is 6.92 Å². The van der Waals surface area contributed by atoms with Gasteiger partial charge >= 0.3 is 0 Å². The number of hydrogen-bond donors (Lipinski definition) is 0. The van der Waals surface area contributed by atoms with E-state index in [1.54, 1.807) is 0 Å². The monoisotopic (exact) mass is 257 g/mol. The number of benzene rings is 1. The molecule has 3 rings (SSSR count). The Labute approximate surface area is 111 Å². The van der Waals surface area contributed by atoms with Gasteiger partial charge in [0, 0.05) is 11.6 Å². The minimum absolute atomic E-state index is 0.258. The van der Waals surface area contributed by atoms with Crippen molar-refractivity contribution in [1.29, 1.82) is 0 Å². The third-order valence-corrected chi connectivity index (χ3v) is 2.82. The zero-order chi connectivity index (χ0) is 13.1. The highest BCUT2D eigenvalue weighted by Gasteiger charge is 2.23. The van der Waals surface area contributed by atoms with E-state index in [1.807, 2.05) is 49.4 Å². The number of para-hydroxylation sites is 1. The van der Waals surface area contributed by atoms with E-state index in [0.717, 1.165) is 29.4 Å². The number of aromatic nitrogens is 1. The minimum atomic E-state index is 0.258. The van der Waals surface area contributed by atoms with E-state index in [-0.39, 0.29) is 6.10 Å². The fraction of sp³-hybridized carbons (Fsp3) is 0.267. The molecule has 0 spiro atoms. The van der Waals surface area contributed by atoms with Crippen molar-refractivity contribution in [2.24, 2.45) is 0 Å². The van der Waals surface area contributed by atoms with E-state index in [0.29, 0.717) is 6.61 Å². The van der Waals surface area contributed by atoms with Crippen LogP contribution in [0.4, 0.5) is 0 Å². The third-order valence-electron chi connectivity index (χ3n) is 2.82. The van der Waals surface area contributed by atoms with Gasteiger partial charge in [0.2, 0.25) is 0 Å². The lowest BCUT2D eigenvalue weighted by Gasteiger charge is -2.07. The summed E-state index contributed by atoms with van der Waals surface area (Å²) in [6.07, 6.45) is 4.10. The van der Waals surface area contributed by atoms with Crippen molar-refractivity contribution in [2.45, 2.75) is 13.0 Å². The Balaban J connectivity index is 1.73. The lowest BCUT2D eigenvalue weighted by Crippen LogP contribution is -2.04. The molecule has 0 aliphatic carbocycles. The van der Waals surface area contributed by atoms with E-state index < -0.39 is 0 Å². The second-order valence-corrected chi connectivity index (χ2v) is 4.51. The Hall–Kier alpha value is -2.07. The van der Waals surface area contributed by atoms with E-state index in [2.05, 4.69) is 5.16 Å². The quantitative estimate of drug-likeness (QED) is 0.773. The fourth-order valence-electron chi connectivity index (χ4n) is 1.73. The molecule has 0 bridgehead atoms. The molecule has 1 aliphatic heterocycles. The second kappa shape index (κ2) is 5.28. The molecule has 98 valence electrons. The maximum Gasteiger partial charge on any atom is 0.159 e. The van der Waals surface area contributed by atoms with Crippen LogP contribution >= 0.6 is 0 Å². The van der Waals surface area contributed by atoms with Crippen LogP contribution in [0.25, 0.3) is 12.2 Å². The van der Waals surface area contributed by atoms with Crippen molar-refractivity contribution in [1.82, 2.24) is 5.16 Å². The molecule has 2 heterocycles. The van der Waals surface area contributed by atoms with Gasteiger partial charge in [0.25, 0.3) is 0 Å². The van der Waals surface area contributed by atoms with Gasteiger partial charge in [-0.15, -0.1) is 0 Å². The van der Waals surface area contributed by atoms with Crippen molar-refractivity contribution in [3.63, 3.8) is 0 Å². The van der Waals surface area contributed by atoms with Gasteiger partial charge in [0.05, 0.1) is 12.3 Å². The van der Waals surface area contributed by atoms with Crippen molar-refractivity contribution in [2.75, 3.05) is 13.2 Å². The lowest BCUT2D eigenvalue weighted by molar-refractivity contribution is 0.262. The summed E-state index contributed by atoms with van der Waals surface area (Å²) in [6, 6.07) is 9.78. The van der Waals surface area contributed by atoms with Crippen molar-refractivity contribution in [3.8, 4) is 5.75 Å². The highest BCUT2D eigenvalue weighted by Crippen LogP contribution is 2.22. The van der Waals surface area contributed by atoms with Crippen LogP contribution in [0.5, 0.6) is 5.75 Å². The van der Waals surface area contributed by atoms with Gasteiger partial charge in [-0.25, -0.2) is 0 Å². The van der Waals surface area contributed by atoms with Crippen LogP contribution in [0.1, 0.15) is 17.0 Å². The molecule has 19 heavy (non-hydrogen) atoms. The highest BCUT2D eigenvalue weighted by atomic mass is 16.6. The normalized spacial score (nSPS) is 17.8. The first-order valence-corrected chi connectivity index (χ1v) is 6.26. The Kier molecular flexibility index (Phi) is 3.33. The SMILES string of the molecule is Cc1cc(/C=C/c2ccccc2OCC2CO2)on1. The number of ether oxygens (including phenoxy) is 2. The maximum absolute atomic E-state index is 5.73. The molecule has 4 nitrogen and oxygen atoms in total. The van der Waals surface area contributed by atoms with Crippen LogP contribution in [0.15, 0.2) is 34.9 Å². The van der Waals surface area contributed by atoms with Crippen molar-refractivity contribution >= 4 is 12.2 Å². The number of hydrogen-bond acceptors (Lipinski definition) is 4. The summed E-state index contributed by atoms with van der Waals surface area (Å²) in [7, 11) is 0. The first kappa shape index (κ1) is 12.0. The van der Waals surface area contributed by atoms with Crippen LogP contribution in [0.3, 0.4) is 0 Å². The maximum atomic E-state index is 5.73. The first-order chi connectivity index (χ1) is 9.31. The number of rotatable bonds is 5. The molecule has 2 aromatic rings. The number of nitrogens with zero attached hydrogens (tertiary/aromatic N) is 1. The molecule has 1 aliphatic rings. The van der Waals surface area contributed by atoms with E-state index in [9.17, 15) is 0 Å². The summed E-state index contributed by atoms with van der Waals surface area (Å²) in [6.45, 7) is 3.30. The summed E-state index contributed by atoms with van der Waals surface area (Å²) in [5.74, 6) is 1.59. The van der Waals surface area contributed by atoms with Crippen molar-refractivity contribution < 1.29 is 14.0 Å². The molecule has 0 saturated carbocycles. The van der Waals surface area contributed by atoms with Gasteiger partial charge in [-0.05, 0) is 25.1 Å². The highest BCUT2D eigenvalue weighted by molar-refractivity contribution is 5.70. The van der Waals surface area contributed by atoms with Crippen LogP contribution in [-0.2, 0) is 4.74 Å². The smallest absolute Gasteiger partial charge is 0.159 e. The van der Waals surface area contributed by atoms with Gasteiger partial charge in [-0.3, -0.25) is 0 Å². The molecule has 0 N–H and O–H groups in total. The lowest BCUT2D eigenvalue weighted by atomic mass is 10.2. The van der Waals surface area contributed by atoms with Gasteiger partial charge < -0.3 is 14.0 Å². The Morgan fingerprint density at radius 2 is 2.21 bits per heavy atom. The van der Waals surface area contributed by atoms with E-state index in [1.165, 1.54) is 0 Å². The topological polar surface area (TPSA) is 47.8 Å². The number of epoxide rings is 1. The zero-order valence-electron chi connectivity index (χ0n) is 10.7. The minimum Gasteiger partial charge on any atom is -0.490 e. The predicted octanol–water partition coefficient (Wildman–Crippen LogP) is 2.93. The molecule has 1 atom stereocenters. The molecule has 4 heteroatoms. The molecule has 1 unspecified atom stereocenters. The third kappa shape index (κ3) is 3.23. The molecule has 1 aromatic heterocycles. The summed E-state index contributed by atoms with van der Waals surface area (Å²) < 4.78 is 16.0. The fourth-order valence-corrected chi connectivity index (χ4v) is 1.73. The Bertz CT molecular complexity index is 585. The van der Waals surface area contributed by atoms with Gasteiger partial charge in [0.1, 0.15) is 18.5 Å². The van der Waals surface area contributed by atoms with Crippen LogP contribution in [-0.4, -0.2) is 24.5 Å². The molecule has 1 saturated heterocycles. The Morgan fingerprint density at radius 1 is 1.37 bits per heavy atom. The summed E-state index contributed by atoms with van der Waals surface area (Å²) in [5, 5.41) is 3.85. The molecule has 1 fully saturated rings. The second-order valence-electron chi connectivity index (χ2n) is 4.51. The largest absolute Gasteiger partial charge is 0.490 e. The number of aryl methyl sites for hydroxylation is 1. The summed E-state index contributed by atoms with van der Waals surface area (Å²) >= 11 is 0. The molecular weight excluding hydrogens is 242 g/mol. The summed E-state index contributed by atoms with van der Waals surface area (Å²) in [4.78, 5) is 0. The van der Waals surface area contributed by atoms with Crippen LogP contribution < -0.4 is 4.74 Å². The molecular formula is C15H15NO3. The van der Waals surface area contributed by atoms with Gasteiger partial charge in [-0.1, -0.05) is 23.4 Å². The molecule has 0 amide bonds. The van der Waals surface area contributed by atoms with Crippen LogP contribution in [0.2, 0.25) is 0 Å². The Morgan fingerprint density at radius 3 is 2.95 bits per heavy atom. The van der Waals surface area contributed by atoms with Gasteiger partial charge in [0.15, 0.2) is 5.76 Å². The zero-order valence-corrected chi connectivity index (χ0v) is 10.7. The average Bonchev–Trinajstić information content (AvgIpc) is 3.17. The standard InChI is InChI=1S/C15H15NO3/c1-11-8-13(19-16-11)7-6-12-4-2-3-5-15(12)18-10-14-9-17-14/h2-8,14H,9-10H2,1H3/b7-6+. The van der Waals surface area contributed by atoms with E-state index >= 15 is 0 Å². The average molecular weight is 257 g/mol. The predicted molar refractivity (Wildman–Crippen MR) is 71.8 cm³/mol. The van der Waals surface area contributed by atoms with Gasteiger partial charge in [-0.2, -0.15) is 0 Å². The van der Waals surface area contributed by atoms with E-state index in [4.69, 9.17) is 14.0 Å². The first-order valence-electron chi connectivity index (χ1n) is 6.26. The molecule has 0 radical (unpaired) electrons. The summed E-state index contributed by atoms with van der Waals surface area (Å²) in [5.41, 5.74) is 1.88. The molecule has 1 aromatic carbocycles.